The molecule has 0 N–H and O–H groups in total. The van der Waals surface area contributed by atoms with Crippen molar-refractivity contribution < 1.29 is 18.9 Å². The van der Waals surface area contributed by atoms with Crippen LogP contribution in [-0.4, -0.2) is 89.0 Å². The molecule has 2 aromatic rings. The number of rotatable bonds is 2. The second kappa shape index (κ2) is 13.9. The van der Waals surface area contributed by atoms with E-state index in [0.717, 1.165) is 37.6 Å². The van der Waals surface area contributed by atoms with Gasteiger partial charge in [0.15, 0.2) is 0 Å². The van der Waals surface area contributed by atoms with Crippen LogP contribution in [0.3, 0.4) is 0 Å². The molecule has 1 aliphatic rings. The lowest BCUT2D eigenvalue weighted by molar-refractivity contribution is 0.0436. The fraction of sp³-hybridized carbons (Fsp3) is 0.545. The highest BCUT2D eigenvalue weighted by Gasteiger charge is 2.09. The second-order valence-electron chi connectivity index (χ2n) is 6.85. The molecular formula is C22H32N4O4. The van der Waals surface area contributed by atoms with Crippen molar-refractivity contribution in [2.75, 3.05) is 88.8 Å². The summed E-state index contributed by atoms with van der Waals surface area (Å²) in [5.74, 6) is 0. The van der Waals surface area contributed by atoms with Crippen LogP contribution < -0.4 is 9.80 Å². The Kier molecular flexibility index (Phi) is 10.4. The van der Waals surface area contributed by atoms with E-state index in [9.17, 15) is 0 Å². The van der Waals surface area contributed by atoms with E-state index in [1.165, 1.54) is 0 Å². The summed E-state index contributed by atoms with van der Waals surface area (Å²) in [5.41, 5.74) is 2.14. The van der Waals surface area contributed by atoms with E-state index in [1.807, 2.05) is 24.5 Å². The van der Waals surface area contributed by atoms with Crippen molar-refractivity contribution in [3.8, 4) is 0 Å². The number of nitrogens with zero attached hydrogens (tertiary/aromatic N) is 4. The molecule has 2 aromatic heterocycles. The van der Waals surface area contributed by atoms with E-state index in [-0.39, 0.29) is 0 Å². The molecular weight excluding hydrogens is 384 g/mol. The topological polar surface area (TPSA) is 69.2 Å². The number of hydrogen-bond donors (Lipinski definition) is 0. The zero-order valence-corrected chi connectivity index (χ0v) is 17.5. The maximum absolute atomic E-state index is 5.77. The van der Waals surface area contributed by atoms with Crippen LogP contribution in [0.4, 0.5) is 11.4 Å². The minimum atomic E-state index is 0.577. The first-order valence-corrected chi connectivity index (χ1v) is 10.5. The Hall–Kier alpha value is -2.26. The summed E-state index contributed by atoms with van der Waals surface area (Å²) in [4.78, 5) is 12.9. The molecule has 1 aliphatic heterocycles. The van der Waals surface area contributed by atoms with Crippen molar-refractivity contribution in [3.05, 3.63) is 49.1 Å². The van der Waals surface area contributed by atoms with Crippen LogP contribution in [0.1, 0.15) is 0 Å². The van der Waals surface area contributed by atoms with Gasteiger partial charge in [0.1, 0.15) is 0 Å². The maximum Gasteiger partial charge on any atom is 0.0701 e. The second-order valence-corrected chi connectivity index (χ2v) is 6.85. The molecule has 1 saturated heterocycles. The van der Waals surface area contributed by atoms with Gasteiger partial charge < -0.3 is 28.7 Å². The summed E-state index contributed by atoms with van der Waals surface area (Å²) in [6, 6.07) is 8.00. The number of ether oxygens (including phenoxy) is 4. The van der Waals surface area contributed by atoms with E-state index in [2.05, 4.69) is 31.9 Å². The lowest BCUT2D eigenvalue weighted by Gasteiger charge is -2.25. The normalized spacial score (nSPS) is 19.1. The van der Waals surface area contributed by atoms with Crippen LogP contribution in [-0.2, 0) is 18.9 Å². The van der Waals surface area contributed by atoms with Crippen LogP contribution in [0.25, 0.3) is 0 Å². The van der Waals surface area contributed by atoms with Crippen molar-refractivity contribution in [1.29, 1.82) is 0 Å². The summed E-state index contributed by atoms with van der Waals surface area (Å²) in [6.07, 6.45) is 7.30. The summed E-state index contributed by atoms with van der Waals surface area (Å²) >= 11 is 0. The van der Waals surface area contributed by atoms with Gasteiger partial charge in [-0.15, -0.1) is 0 Å². The summed E-state index contributed by atoms with van der Waals surface area (Å²) in [5, 5.41) is 0. The van der Waals surface area contributed by atoms with E-state index in [4.69, 9.17) is 18.9 Å². The van der Waals surface area contributed by atoms with Crippen molar-refractivity contribution in [2.45, 2.75) is 0 Å². The molecule has 0 aliphatic carbocycles. The Morgan fingerprint density at radius 2 is 0.900 bits per heavy atom. The molecule has 0 amide bonds. The van der Waals surface area contributed by atoms with Crippen LogP contribution in [0.15, 0.2) is 49.1 Å². The minimum absolute atomic E-state index is 0.577. The van der Waals surface area contributed by atoms with Crippen LogP contribution in [0.5, 0.6) is 0 Å². The first kappa shape index (κ1) is 22.4. The van der Waals surface area contributed by atoms with Gasteiger partial charge in [0.25, 0.3) is 0 Å². The summed E-state index contributed by atoms with van der Waals surface area (Å²) < 4.78 is 23.1. The number of aromatic nitrogens is 2. The first-order chi connectivity index (χ1) is 14.9. The van der Waals surface area contributed by atoms with Crippen molar-refractivity contribution >= 4 is 11.4 Å². The zero-order valence-electron chi connectivity index (χ0n) is 17.5. The molecule has 0 atom stereocenters. The molecule has 3 heterocycles. The standard InChI is InChI=1S/C22H32N4O4/c1-3-21(19-23-5-1)25-7-11-27-15-17-29-13-9-26(22-4-2-6-24-20-22)10-14-30-18-16-28-12-8-25/h1-6,19-20H,7-18H2. The van der Waals surface area contributed by atoms with Crippen molar-refractivity contribution in [2.24, 2.45) is 0 Å². The fourth-order valence-electron chi connectivity index (χ4n) is 3.16. The molecule has 1 fully saturated rings. The van der Waals surface area contributed by atoms with E-state index in [0.29, 0.717) is 52.9 Å². The number of pyridine rings is 2. The largest absolute Gasteiger partial charge is 0.377 e. The van der Waals surface area contributed by atoms with Gasteiger partial charge in [-0.2, -0.15) is 0 Å². The molecule has 0 radical (unpaired) electrons. The van der Waals surface area contributed by atoms with Gasteiger partial charge in [0.2, 0.25) is 0 Å². The molecule has 3 rings (SSSR count). The van der Waals surface area contributed by atoms with E-state index < -0.39 is 0 Å². The highest BCUT2D eigenvalue weighted by molar-refractivity contribution is 5.44. The van der Waals surface area contributed by atoms with Gasteiger partial charge in [0, 0.05) is 38.6 Å². The van der Waals surface area contributed by atoms with Gasteiger partial charge in [0.05, 0.1) is 76.6 Å². The molecule has 0 aromatic carbocycles. The average molecular weight is 417 g/mol. The third-order valence-corrected chi connectivity index (χ3v) is 4.79. The quantitative estimate of drug-likeness (QED) is 0.735. The molecule has 0 spiro atoms. The van der Waals surface area contributed by atoms with Crippen LogP contribution in [0.2, 0.25) is 0 Å². The number of anilines is 2. The fourth-order valence-corrected chi connectivity index (χ4v) is 3.16. The Morgan fingerprint density at radius 1 is 0.533 bits per heavy atom. The van der Waals surface area contributed by atoms with Crippen LogP contribution in [0, 0.1) is 0 Å². The highest BCUT2D eigenvalue weighted by atomic mass is 16.5. The first-order valence-electron chi connectivity index (χ1n) is 10.5. The van der Waals surface area contributed by atoms with Gasteiger partial charge in [-0.05, 0) is 24.3 Å². The average Bonchev–Trinajstić information content (AvgIpc) is 2.80. The van der Waals surface area contributed by atoms with Crippen molar-refractivity contribution in [1.82, 2.24) is 9.97 Å². The van der Waals surface area contributed by atoms with Gasteiger partial charge in [-0.3, -0.25) is 9.97 Å². The lowest BCUT2D eigenvalue weighted by atomic mass is 10.3. The van der Waals surface area contributed by atoms with Gasteiger partial charge >= 0.3 is 0 Å². The van der Waals surface area contributed by atoms with Crippen LogP contribution >= 0.6 is 0 Å². The lowest BCUT2D eigenvalue weighted by Crippen LogP contribution is -2.33. The summed E-state index contributed by atoms with van der Waals surface area (Å²) in [6.45, 7) is 7.93. The molecule has 30 heavy (non-hydrogen) atoms. The Balaban J connectivity index is 1.48. The Bertz CT molecular complexity index is 598. The van der Waals surface area contributed by atoms with Gasteiger partial charge in [-0.25, -0.2) is 0 Å². The monoisotopic (exact) mass is 416 g/mol. The minimum Gasteiger partial charge on any atom is -0.377 e. The predicted octanol–water partition coefficient (Wildman–Crippen LogP) is 1.87. The molecule has 0 bridgehead atoms. The zero-order chi connectivity index (χ0) is 20.7. The maximum atomic E-state index is 5.77. The van der Waals surface area contributed by atoms with Gasteiger partial charge in [-0.1, -0.05) is 0 Å². The van der Waals surface area contributed by atoms with E-state index >= 15 is 0 Å². The third kappa shape index (κ3) is 8.23. The molecule has 164 valence electrons. The Morgan fingerprint density at radius 3 is 1.20 bits per heavy atom. The number of hydrogen-bond acceptors (Lipinski definition) is 8. The molecule has 0 saturated carbocycles. The Labute approximate surface area is 178 Å². The molecule has 0 unspecified atom stereocenters. The SMILES string of the molecule is c1cncc(N2CCOCCOCCN(c3cccnc3)CCOCCOCC2)c1. The van der Waals surface area contributed by atoms with Crippen molar-refractivity contribution in [3.63, 3.8) is 0 Å². The highest BCUT2D eigenvalue weighted by Crippen LogP contribution is 2.12. The van der Waals surface area contributed by atoms with E-state index in [1.54, 1.807) is 12.4 Å². The predicted molar refractivity (Wildman–Crippen MR) is 116 cm³/mol. The molecule has 8 nitrogen and oxygen atoms in total. The third-order valence-electron chi connectivity index (χ3n) is 4.79. The molecule has 8 heteroatoms. The smallest absolute Gasteiger partial charge is 0.0701 e. The summed E-state index contributed by atoms with van der Waals surface area (Å²) in [7, 11) is 0.